The Labute approximate surface area is 117 Å². The van der Waals surface area contributed by atoms with Gasteiger partial charge in [-0.1, -0.05) is 13.3 Å². The molecule has 5 heteroatoms. The molecule has 1 aromatic carbocycles. The molecule has 1 unspecified atom stereocenters. The van der Waals surface area contributed by atoms with Crippen LogP contribution in [0, 0.1) is 0 Å². The molecule has 0 radical (unpaired) electrons. The second-order valence-electron chi connectivity index (χ2n) is 4.36. The number of aromatic nitrogens is 2. The molecule has 0 bridgehead atoms. The number of hydrogen-bond acceptors (Lipinski definition) is 3. The van der Waals surface area contributed by atoms with Crippen molar-refractivity contribution in [2.75, 3.05) is 6.54 Å². The van der Waals surface area contributed by atoms with E-state index in [-0.39, 0.29) is 11.3 Å². The number of carbonyl (C=O) groups excluding carboxylic acids is 1. The van der Waals surface area contributed by atoms with Crippen molar-refractivity contribution >= 4 is 28.5 Å². The van der Waals surface area contributed by atoms with Crippen molar-refractivity contribution in [2.45, 2.75) is 25.1 Å². The quantitative estimate of drug-likeness (QED) is 0.855. The van der Waals surface area contributed by atoms with Gasteiger partial charge in [0.15, 0.2) is 0 Å². The highest BCUT2D eigenvalue weighted by molar-refractivity contribution is 6.20. The average molecular weight is 278 g/mol. The van der Waals surface area contributed by atoms with Crippen LogP contribution in [0.5, 0.6) is 0 Å². The Hall–Kier alpha value is -1.68. The lowest BCUT2D eigenvalue weighted by Crippen LogP contribution is -2.29. The molecule has 0 aliphatic carbocycles. The third-order valence-electron chi connectivity index (χ3n) is 2.82. The largest absolute Gasteiger partial charge is 0.351 e. The molecule has 2 rings (SSSR count). The van der Waals surface area contributed by atoms with Gasteiger partial charge in [-0.15, -0.1) is 11.6 Å². The Bertz CT molecular complexity index is 573. The highest BCUT2D eigenvalue weighted by Gasteiger charge is 2.09. The molecule has 4 nitrogen and oxygen atoms in total. The zero-order valence-corrected chi connectivity index (χ0v) is 11.5. The zero-order chi connectivity index (χ0) is 13.7. The van der Waals surface area contributed by atoms with Crippen LogP contribution in [0.1, 0.15) is 30.1 Å². The molecule has 0 aliphatic heterocycles. The zero-order valence-electron chi connectivity index (χ0n) is 10.8. The molecule has 0 aliphatic rings. The molecule has 0 saturated heterocycles. The highest BCUT2D eigenvalue weighted by atomic mass is 35.5. The predicted molar refractivity (Wildman–Crippen MR) is 76.4 cm³/mol. The number of carbonyl (C=O) groups is 1. The van der Waals surface area contributed by atoms with Crippen LogP contribution >= 0.6 is 11.6 Å². The first-order valence-corrected chi connectivity index (χ1v) is 6.77. The smallest absolute Gasteiger partial charge is 0.251 e. The Balaban J connectivity index is 2.05. The summed E-state index contributed by atoms with van der Waals surface area (Å²) in [7, 11) is 0. The minimum atomic E-state index is -0.130. The second-order valence-corrected chi connectivity index (χ2v) is 4.97. The van der Waals surface area contributed by atoms with Crippen molar-refractivity contribution in [3.05, 3.63) is 36.2 Å². The van der Waals surface area contributed by atoms with Gasteiger partial charge in [0.1, 0.15) is 0 Å². The Kier molecular flexibility index (Phi) is 4.68. The lowest BCUT2D eigenvalue weighted by Gasteiger charge is -2.10. The average Bonchev–Trinajstić information content (AvgIpc) is 2.44. The van der Waals surface area contributed by atoms with Gasteiger partial charge in [-0.05, 0) is 24.6 Å². The maximum Gasteiger partial charge on any atom is 0.251 e. The second kappa shape index (κ2) is 6.48. The van der Waals surface area contributed by atoms with Gasteiger partial charge >= 0.3 is 0 Å². The van der Waals surface area contributed by atoms with E-state index in [2.05, 4.69) is 22.2 Å². The van der Waals surface area contributed by atoms with Gasteiger partial charge in [0.05, 0.1) is 16.4 Å². The number of alkyl halides is 1. The number of nitrogens with one attached hydrogen (secondary N) is 1. The summed E-state index contributed by atoms with van der Waals surface area (Å²) in [6.07, 6.45) is 5.14. The molecule has 1 heterocycles. The van der Waals surface area contributed by atoms with Gasteiger partial charge in [-0.3, -0.25) is 14.8 Å². The monoisotopic (exact) mass is 277 g/mol. The fourth-order valence-electron chi connectivity index (χ4n) is 1.83. The maximum absolute atomic E-state index is 12.0. The number of benzene rings is 1. The van der Waals surface area contributed by atoms with E-state index in [0.29, 0.717) is 17.6 Å². The van der Waals surface area contributed by atoms with Crippen LogP contribution in [-0.2, 0) is 0 Å². The van der Waals surface area contributed by atoms with E-state index in [0.717, 1.165) is 18.4 Å². The fourth-order valence-corrected chi connectivity index (χ4v) is 2.12. The van der Waals surface area contributed by atoms with E-state index in [1.54, 1.807) is 30.6 Å². The van der Waals surface area contributed by atoms with Gasteiger partial charge in [-0.2, -0.15) is 0 Å². The SMILES string of the molecule is CCCC(Cl)CNC(=O)c1ccc2nccnc2c1. The van der Waals surface area contributed by atoms with E-state index >= 15 is 0 Å². The van der Waals surface area contributed by atoms with Gasteiger partial charge in [0.2, 0.25) is 0 Å². The summed E-state index contributed by atoms with van der Waals surface area (Å²) in [6, 6.07) is 5.28. The molecule has 19 heavy (non-hydrogen) atoms. The van der Waals surface area contributed by atoms with Crippen molar-refractivity contribution in [3.63, 3.8) is 0 Å². The molecule has 1 N–H and O–H groups in total. The molecule has 0 fully saturated rings. The van der Waals surface area contributed by atoms with Crippen LogP contribution < -0.4 is 5.32 Å². The van der Waals surface area contributed by atoms with Crippen LogP contribution in [0.25, 0.3) is 11.0 Å². The Morgan fingerprint density at radius 1 is 1.32 bits per heavy atom. The van der Waals surface area contributed by atoms with Crippen LogP contribution in [0.3, 0.4) is 0 Å². The molecular weight excluding hydrogens is 262 g/mol. The lowest BCUT2D eigenvalue weighted by molar-refractivity contribution is 0.0953. The normalized spacial score (nSPS) is 12.3. The van der Waals surface area contributed by atoms with E-state index < -0.39 is 0 Å². The third kappa shape index (κ3) is 3.64. The lowest BCUT2D eigenvalue weighted by atomic mass is 10.1. The van der Waals surface area contributed by atoms with E-state index in [9.17, 15) is 4.79 Å². The van der Waals surface area contributed by atoms with Crippen LogP contribution in [0.15, 0.2) is 30.6 Å². The van der Waals surface area contributed by atoms with E-state index in [1.807, 2.05) is 0 Å². The van der Waals surface area contributed by atoms with Gasteiger partial charge < -0.3 is 5.32 Å². The standard InChI is InChI=1S/C14H16ClN3O/c1-2-3-11(15)9-18-14(19)10-4-5-12-13(8-10)17-7-6-16-12/h4-8,11H,2-3,9H2,1H3,(H,18,19). The predicted octanol–water partition coefficient (Wildman–Crippen LogP) is 2.77. The van der Waals surface area contributed by atoms with Crippen molar-refractivity contribution in [1.82, 2.24) is 15.3 Å². The fraction of sp³-hybridized carbons (Fsp3) is 0.357. The first kappa shape index (κ1) is 13.7. The van der Waals surface area contributed by atoms with E-state index in [4.69, 9.17) is 11.6 Å². The van der Waals surface area contributed by atoms with Gasteiger partial charge in [0, 0.05) is 24.5 Å². The molecule has 2 aromatic rings. The van der Waals surface area contributed by atoms with E-state index in [1.165, 1.54) is 0 Å². The first-order valence-electron chi connectivity index (χ1n) is 6.33. The molecule has 1 amide bonds. The van der Waals surface area contributed by atoms with Crippen LogP contribution in [0.2, 0.25) is 0 Å². The maximum atomic E-state index is 12.0. The minimum absolute atomic E-state index is 0.0193. The van der Waals surface area contributed by atoms with Gasteiger partial charge in [-0.25, -0.2) is 0 Å². The molecule has 0 saturated carbocycles. The number of fused-ring (bicyclic) bond motifs is 1. The first-order chi connectivity index (χ1) is 9.20. The van der Waals surface area contributed by atoms with Crippen LogP contribution in [-0.4, -0.2) is 27.8 Å². The number of amides is 1. The topological polar surface area (TPSA) is 54.9 Å². The van der Waals surface area contributed by atoms with Crippen molar-refractivity contribution < 1.29 is 4.79 Å². The minimum Gasteiger partial charge on any atom is -0.351 e. The number of halogens is 1. The number of nitrogens with zero attached hydrogens (tertiary/aromatic N) is 2. The molecule has 1 atom stereocenters. The summed E-state index contributed by atoms with van der Waals surface area (Å²) in [5, 5.41) is 2.81. The van der Waals surface area contributed by atoms with Crippen molar-refractivity contribution in [2.24, 2.45) is 0 Å². The molecular formula is C14H16ClN3O. The molecule has 100 valence electrons. The molecule has 0 spiro atoms. The summed E-state index contributed by atoms with van der Waals surface area (Å²) in [6.45, 7) is 2.55. The molecule has 1 aromatic heterocycles. The summed E-state index contributed by atoms with van der Waals surface area (Å²) < 4.78 is 0. The Morgan fingerprint density at radius 3 is 2.79 bits per heavy atom. The summed E-state index contributed by atoms with van der Waals surface area (Å²) >= 11 is 6.07. The third-order valence-corrected chi connectivity index (χ3v) is 3.19. The summed E-state index contributed by atoms with van der Waals surface area (Å²) in [5.74, 6) is -0.130. The summed E-state index contributed by atoms with van der Waals surface area (Å²) in [5.41, 5.74) is 2.07. The Morgan fingerprint density at radius 2 is 2.05 bits per heavy atom. The number of rotatable bonds is 5. The van der Waals surface area contributed by atoms with Gasteiger partial charge in [0.25, 0.3) is 5.91 Å². The van der Waals surface area contributed by atoms with Crippen molar-refractivity contribution in [1.29, 1.82) is 0 Å². The highest BCUT2D eigenvalue weighted by Crippen LogP contribution is 2.11. The number of hydrogen-bond donors (Lipinski definition) is 1. The summed E-state index contributed by atoms with van der Waals surface area (Å²) in [4.78, 5) is 20.3. The van der Waals surface area contributed by atoms with Crippen LogP contribution in [0.4, 0.5) is 0 Å². The van der Waals surface area contributed by atoms with Crippen molar-refractivity contribution in [3.8, 4) is 0 Å².